The molecule has 2 aromatic carbocycles. The summed E-state index contributed by atoms with van der Waals surface area (Å²) in [7, 11) is 1.65. The lowest BCUT2D eigenvalue weighted by atomic mass is 10.2. The molecule has 1 amide bonds. The quantitative estimate of drug-likeness (QED) is 0.745. The van der Waals surface area contributed by atoms with Crippen molar-refractivity contribution in [2.75, 3.05) is 38.2 Å². The summed E-state index contributed by atoms with van der Waals surface area (Å²) in [6.45, 7) is 4.57. The molecule has 5 nitrogen and oxygen atoms in total. The molecule has 0 aliphatic carbocycles. The van der Waals surface area contributed by atoms with E-state index in [9.17, 15) is 4.79 Å². The van der Waals surface area contributed by atoms with Gasteiger partial charge in [0.25, 0.3) is 5.91 Å². The maximum Gasteiger partial charge on any atom is 0.263 e. The molecule has 0 unspecified atom stereocenters. The second kappa shape index (κ2) is 8.72. The first-order valence-corrected chi connectivity index (χ1v) is 9.53. The normalized spacial score (nSPS) is 15.4. The summed E-state index contributed by atoms with van der Waals surface area (Å²) in [5.41, 5.74) is 1.13. The molecule has 0 saturated carbocycles. The van der Waals surface area contributed by atoms with Crippen molar-refractivity contribution in [3.8, 4) is 11.5 Å². The van der Waals surface area contributed by atoms with E-state index in [1.54, 1.807) is 32.2 Å². The number of piperazine rings is 1. The molecule has 27 heavy (non-hydrogen) atoms. The van der Waals surface area contributed by atoms with Crippen LogP contribution in [0.4, 0.5) is 5.69 Å². The van der Waals surface area contributed by atoms with Gasteiger partial charge in [-0.05, 0) is 49.4 Å². The zero-order valence-corrected chi connectivity index (χ0v) is 16.8. The number of methoxy groups -OCH3 is 1. The first-order valence-electron chi connectivity index (χ1n) is 8.77. The van der Waals surface area contributed by atoms with Gasteiger partial charge in [-0.2, -0.15) is 0 Å². The number of anilines is 1. The van der Waals surface area contributed by atoms with Gasteiger partial charge in [-0.15, -0.1) is 0 Å². The maximum atomic E-state index is 12.7. The number of nitrogens with zero attached hydrogens (tertiary/aromatic N) is 2. The van der Waals surface area contributed by atoms with Crippen molar-refractivity contribution < 1.29 is 14.3 Å². The molecule has 1 atom stereocenters. The summed E-state index contributed by atoms with van der Waals surface area (Å²) in [4.78, 5) is 16.8. The van der Waals surface area contributed by atoms with Crippen LogP contribution in [0.5, 0.6) is 11.5 Å². The fraction of sp³-hybridized carbons (Fsp3) is 0.350. The number of ether oxygens (including phenoxy) is 2. The van der Waals surface area contributed by atoms with E-state index in [0.29, 0.717) is 28.9 Å². The average molecular weight is 409 g/mol. The van der Waals surface area contributed by atoms with Crippen LogP contribution in [-0.2, 0) is 4.79 Å². The van der Waals surface area contributed by atoms with Gasteiger partial charge in [-0.1, -0.05) is 23.2 Å². The van der Waals surface area contributed by atoms with E-state index in [1.165, 1.54) is 0 Å². The number of carbonyl (C=O) groups is 1. The molecular formula is C20H22Cl2N2O3. The van der Waals surface area contributed by atoms with E-state index >= 15 is 0 Å². The third-order valence-electron chi connectivity index (χ3n) is 4.57. The lowest BCUT2D eigenvalue weighted by Crippen LogP contribution is -2.52. The van der Waals surface area contributed by atoms with Gasteiger partial charge in [0.1, 0.15) is 11.5 Å². The van der Waals surface area contributed by atoms with Crippen LogP contribution >= 0.6 is 23.2 Å². The molecule has 1 heterocycles. The smallest absolute Gasteiger partial charge is 0.263 e. The molecule has 1 fully saturated rings. The SMILES string of the molecule is COc1ccc(N2CCN(C(=O)[C@@H](C)Oc3ccc(Cl)cc3Cl)CC2)cc1. The highest BCUT2D eigenvalue weighted by Crippen LogP contribution is 2.28. The van der Waals surface area contributed by atoms with Crippen LogP contribution in [0.3, 0.4) is 0 Å². The third kappa shape index (κ3) is 4.79. The van der Waals surface area contributed by atoms with Crippen LogP contribution in [0.2, 0.25) is 10.0 Å². The zero-order chi connectivity index (χ0) is 19.4. The van der Waals surface area contributed by atoms with Gasteiger partial charge in [0.15, 0.2) is 6.10 Å². The predicted molar refractivity (Wildman–Crippen MR) is 108 cm³/mol. The first kappa shape index (κ1) is 19.6. The Labute approximate surface area is 169 Å². The molecule has 3 rings (SSSR count). The molecule has 1 aliphatic heterocycles. The van der Waals surface area contributed by atoms with Crippen LogP contribution < -0.4 is 14.4 Å². The fourth-order valence-corrected chi connectivity index (χ4v) is 3.50. The lowest BCUT2D eigenvalue weighted by molar-refractivity contribution is -0.138. The number of hydrogen-bond donors (Lipinski definition) is 0. The topological polar surface area (TPSA) is 42.0 Å². The van der Waals surface area contributed by atoms with Gasteiger partial charge >= 0.3 is 0 Å². The van der Waals surface area contributed by atoms with Crippen LogP contribution in [0, 0.1) is 0 Å². The molecule has 1 aliphatic rings. The Hall–Kier alpha value is -2.11. The van der Waals surface area contributed by atoms with Crippen LogP contribution in [0.1, 0.15) is 6.92 Å². The Kier molecular flexibility index (Phi) is 6.34. The summed E-state index contributed by atoms with van der Waals surface area (Å²) in [6, 6.07) is 12.9. The molecule has 0 bridgehead atoms. The Balaban J connectivity index is 1.55. The largest absolute Gasteiger partial charge is 0.497 e. The van der Waals surface area contributed by atoms with Gasteiger partial charge < -0.3 is 19.3 Å². The Morgan fingerprint density at radius 2 is 1.70 bits per heavy atom. The highest BCUT2D eigenvalue weighted by Gasteiger charge is 2.26. The van der Waals surface area contributed by atoms with Gasteiger partial charge in [0, 0.05) is 36.9 Å². The lowest BCUT2D eigenvalue weighted by Gasteiger charge is -2.37. The minimum atomic E-state index is -0.615. The molecule has 0 N–H and O–H groups in total. The molecule has 0 radical (unpaired) electrons. The van der Waals surface area contributed by atoms with Gasteiger partial charge in [-0.25, -0.2) is 0 Å². The Morgan fingerprint density at radius 1 is 1.04 bits per heavy atom. The van der Waals surface area contributed by atoms with Crippen LogP contribution in [0.25, 0.3) is 0 Å². The van der Waals surface area contributed by atoms with Gasteiger partial charge in [0.05, 0.1) is 12.1 Å². The second-order valence-electron chi connectivity index (χ2n) is 6.35. The number of benzene rings is 2. The van der Waals surface area contributed by atoms with Gasteiger partial charge in [-0.3, -0.25) is 4.79 Å². The highest BCUT2D eigenvalue weighted by atomic mass is 35.5. The summed E-state index contributed by atoms with van der Waals surface area (Å²) < 4.78 is 10.9. The number of rotatable bonds is 5. The predicted octanol–water partition coefficient (Wildman–Crippen LogP) is 4.12. The van der Waals surface area contributed by atoms with E-state index in [4.69, 9.17) is 32.7 Å². The molecular weight excluding hydrogens is 387 g/mol. The Morgan fingerprint density at radius 3 is 2.30 bits per heavy atom. The minimum absolute atomic E-state index is 0.0459. The van der Waals surface area contributed by atoms with Crippen molar-refractivity contribution >= 4 is 34.8 Å². The second-order valence-corrected chi connectivity index (χ2v) is 7.19. The molecule has 7 heteroatoms. The van der Waals surface area contributed by atoms with E-state index < -0.39 is 6.10 Å². The van der Waals surface area contributed by atoms with Gasteiger partial charge in [0.2, 0.25) is 0 Å². The van der Waals surface area contributed by atoms with Crippen LogP contribution in [0.15, 0.2) is 42.5 Å². The van der Waals surface area contributed by atoms with Crippen molar-refractivity contribution in [3.63, 3.8) is 0 Å². The molecule has 1 saturated heterocycles. The zero-order valence-electron chi connectivity index (χ0n) is 15.3. The van der Waals surface area contributed by atoms with Crippen molar-refractivity contribution in [2.45, 2.75) is 13.0 Å². The molecule has 2 aromatic rings. The summed E-state index contributed by atoms with van der Waals surface area (Å²) >= 11 is 12.0. The van der Waals surface area contributed by atoms with Crippen molar-refractivity contribution in [1.82, 2.24) is 4.90 Å². The van der Waals surface area contributed by atoms with E-state index in [2.05, 4.69) is 4.90 Å². The number of amides is 1. The van der Waals surface area contributed by atoms with Crippen molar-refractivity contribution in [1.29, 1.82) is 0 Å². The third-order valence-corrected chi connectivity index (χ3v) is 5.10. The van der Waals surface area contributed by atoms with Crippen molar-refractivity contribution in [3.05, 3.63) is 52.5 Å². The summed E-state index contributed by atoms with van der Waals surface area (Å²) in [5, 5.41) is 0.924. The number of carbonyl (C=O) groups excluding carboxylic acids is 1. The maximum absolute atomic E-state index is 12.7. The molecule has 0 aromatic heterocycles. The molecule has 0 spiro atoms. The first-order chi connectivity index (χ1) is 13.0. The number of hydrogen-bond acceptors (Lipinski definition) is 4. The monoisotopic (exact) mass is 408 g/mol. The number of halogens is 2. The standard InChI is InChI=1S/C20H22Cl2N2O3/c1-14(27-19-8-3-15(21)13-18(19)22)20(25)24-11-9-23(10-12-24)16-4-6-17(26-2)7-5-16/h3-8,13-14H,9-12H2,1-2H3/t14-/m1/s1. The van der Waals surface area contributed by atoms with E-state index in [-0.39, 0.29) is 5.91 Å². The fourth-order valence-electron chi connectivity index (χ4n) is 3.05. The Bertz CT molecular complexity index is 790. The van der Waals surface area contributed by atoms with E-state index in [0.717, 1.165) is 24.5 Å². The summed E-state index contributed by atoms with van der Waals surface area (Å²) in [6.07, 6.45) is -0.615. The minimum Gasteiger partial charge on any atom is -0.497 e. The van der Waals surface area contributed by atoms with E-state index in [1.807, 2.05) is 29.2 Å². The average Bonchev–Trinajstić information content (AvgIpc) is 2.69. The molecule has 144 valence electrons. The van der Waals surface area contributed by atoms with Crippen LogP contribution in [-0.4, -0.2) is 50.2 Å². The van der Waals surface area contributed by atoms with Crippen molar-refractivity contribution in [2.24, 2.45) is 0 Å². The summed E-state index contributed by atoms with van der Waals surface area (Å²) in [5.74, 6) is 1.24. The highest BCUT2D eigenvalue weighted by molar-refractivity contribution is 6.35.